The molecule has 3 fully saturated rings. The molecule has 3 saturated heterocycles. The molecule has 3 aliphatic heterocycles. The lowest BCUT2D eigenvalue weighted by Gasteiger charge is -2.41. The van der Waals surface area contributed by atoms with Crippen molar-refractivity contribution in [1.29, 1.82) is 0 Å². The predicted octanol–water partition coefficient (Wildman–Crippen LogP) is 7.94. The van der Waals surface area contributed by atoms with E-state index in [1.807, 2.05) is 44.9 Å². The Kier molecular flexibility index (Phi) is 22.5. The summed E-state index contributed by atoms with van der Waals surface area (Å²) in [6.45, 7) is 15.1. The number of likely N-dealkylation sites (N-methyl/N-ethyl adjacent to an activating group) is 1. The Labute approximate surface area is 322 Å². The molecule has 53 heavy (non-hydrogen) atoms. The van der Waals surface area contributed by atoms with Crippen molar-refractivity contribution in [1.82, 2.24) is 30.7 Å². The molecule has 3 N–H and O–H groups in total. The Morgan fingerprint density at radius 2 is 1.60 bits per heavy atom. The van der Waals surface area contributed by atoms with Crippen LogP contribution in [0.15, 0.2) is 53.9 Å². The molecule has 4 rings (SSSR count). The number of rotatable bonds is 15. The van der Waals surface area contributed by atoms with E-state index in [1.165, 1.54) is 31.3 Å². The van der Waals surface area contributed by atoms with E-state index in [0.29, 0.717) is 31.2 Å². The van der Waals surface area contributed by atoms with Gasteiger partial charge in [-0.2, -0.15) is 13.2 Å². The zero-order valence-corrected chi connectivity index (χ0v) is 33.6. The van der Waals surface area contributed by atoms with Gasteiger partial charge in [0.1, 0.15) is 6.04 Å². The summed E-state index contributed by atoms with van der Waals surface area (Å²) in [4.78, 5) is 30.7. The number of nitrogens with one attached hydrogen (secondary N) is 3. The summed E-state index contributed by atoms with van der Waals surface area (Å²) in [7, 11) is 1.91. The summed E-state index contributed by atoms with van der Waals surface area (Å²) < 4.78 is 40.5. The van der Waals surface area contributed by atoms with Crippen LogP contribution in [-0.2, 0) is 22.2 Å². The van der Waals surface area contributed by atoms with Crippen molar-refractivity contribution in [2.24, 2.45) is 0 Å². The smallest absolute Gasteiger partial charge is 0.360 e. The minimum absolute atomic E-state index is 0.0312. The van der Waals surface area contributed by atoms with Crippen LogP contribution in [0.2, 0.25) is 5.02 Å². The molecule has 1 aromatic rings. The fraction of sp³-hybridized carbons (Fsp3) is 0.659. The number of amides is 2. The lowest BCUT2D eigenvalue weighted by molar-refractivity contribution is -0.137. The first-order chi connectivity index (χ1) is 25.6. The third-order valence-corrected chi connectivity index (χ3v) is 9.94. The number of allylic oxidation sites excluding steroid dienone is 4. The molecule has 0 radical (unpaired) electrons. The van der Waals surface area contributed by atoms with Crippen LogP contribution in [0.25, 0.3) is 0 Å². The number of piperidine rings is 3. The van der Waals surface area contributed by atoms with Gasteiger partial charge in [0.05, 0.1) is 11.4 Å². The zero-order chi connectivity index (χ0) is 39.1. The van der Waals surface area contributed by atoms with Gasteiger partial charge in [-0.05, 0) is 115 Å². The van der Waals surface area contributed by atoms with Crippen LogP contribution < -0.4 is 16.0 Å². The number of benzene rings is 1. The summed E-state index contributed by atoms with van der Waals surface area (Å²) in [5.41, 5.74) is 0.914. The van der Waals surface area contributed by atoms with Crippen LogP contribution >= 0.6 is 11.6 Å². The minimum Gasteiger partial charge on any atom is -0.360 e. The highest BCUT2D eigenvalue weighted by molar-refractivity contribution is 6.30. The maximum Gasteiger partial charge on any atom is 0.416 e. The second-order valence-corrected chi connectivity index (χ2v) is 14.1. The standard InChI is InChI=1S/C29H42ClF3N4O.C10H18N2O.C2H6/c1-2-9-27(36-14-7-4-8-15-36)34-26(20-22-18-23(29(31,32)33)21-24(30)19-22)28(38)37-16-10-25(11-17-37)35-12-5-3-6-13-35;1-3-4-5-10(8-11-2)6-7-12-9-13;1-2/h9,18-19,21,25-26,34H,2-8,10-17,20H2,1H3;3-5,9,11H,6-8H2,1-2H3,(H,12,13);1-2H3/b27-9-;4-3-,10-5-;. The van der Waals surface area contributed by atoms with Crippen LogP contribution in [0.3, 0.4) is 0 Å². The quantitative estimate of drug-likeness (QED) is 0.0957. The van der Waals surface area contributed by atoms with Crippen LogP contribution in [0.5, 0.6) is 0 Å². The molecule has 12 heteroatoms. The number of alkyl halides is 3. The van der Waals surface area contributed by atoms with Gasteiger partial charge in [0, 0.05) is 56.8 Å². The molecule has 0 aromatic heterocycles. The van der Waals surface area contributed by atoms with Gasteiger partial charge in [0.2, 0.25) is 12.3 Å². The van der Waals surface area contributed by atoms with E-state index >= 15 is 0 Å². The Morgan fingerprint density at radius 1 is 0.962 bits per heavy atom. The zero-order valence-electron chi connectivity index (χ0n) is 32.9. The number of hydrogen-bond donors (Lipinski definition) is 3. The molecule has 300 valence electrons. The third kappa shape index (κ3) is 16.9. The molecule has 2 amide bonds. The molecular weight excluding hydrogens is 701 g/mol. The van der Waals surface area contributed by atoms with Gasteiger partial charge in [-0.1, -0.05) is 62.6 Å². The molecule has 8 nitrogen and oxygen atoms in total. The van der Waals surface area contributed by atoms with E-state index in [0.717, 1.165) is 95.6 Å². The molecule has 1 unspecified atom stereocenters. The van der Waals surface area contributed by atoms with E-state index in [9.17, 15) is 22.8 Å². The SMILES string of the molecule is C/C=C\C=C(\CCNC=O)CNC.CC.CC/C=C(/NC(Cc1cc(Cl)cc(C(F)(F)F)c1)C(=O)N1CCC(N2CCCCC2)CC1)N1CCCCC1. The first kappa shape index (κ1) is 46.1. The largest absolute Gasteiger partial charge is 0.416 e. The number of nitrogens with zero attached hydrogens (tertiary/aromatic N) is 3. The van der Waals surface area contributed by atoms with E-state index in [-0.39, 0.29) is 17.4 Å². The summed E-state index contributed by atoms with van der Waals surface area (Å²) in [5, 5.41) is 9.24. The molecule has 1 aromatic carbocycles. The Balaban J connectivity index is 0.000000550. The first-order valence-corrected chi connectivity index (χ1v) is 20.2. The van der Waals surface area contributed by atoms with E-state index in [1.54, 1.807) is 6.07 Å². The second kappa shape index (κ2) is 25.9. The summed E-state index contributed by atoms with van der Waals surface area (Å²) in [6, 6.07) is 3.46. The molecular formula is C41H66ClF3N6O2. The lowest BCUT2D eigenvalue weighted by Crippen LogP contribution is -2.54. The molecule has 0 saturated carbocycles. The number of halogens is 4. The van der Waals surface area contributed by atoms with Crippen LogP contribution in [-0.4, -0.2) is 98.5 Å². The topological polar surface area (TPSA) is 79.9 Å². The van der Waals surface area contributed by atoms with Crippen molar-refractivity contribution < 1.29 is 22.8 Å². The Bertz CT molecular complexity index is 1280. The molecule has 0 bridgehead atoms. The lowest BCUT2D eigenvalue weighted by atomic mass is 9.97. The predicted molar refractivity (Wildman–Crippen MR) is 213 cm³/mol. The van der Waals surface area contributed by atoms with Gasteiger partial charge in [0.15, 0.2) is 0 Å². The molecule has 0 spiro atoms. The van der Waals surface area contributed by atoms with Gasteiger partial charge in [0.25, 0.3) is 0 Å². The minimum atomic E-state index is -4.50. The number of hydrogen-bond acceptors (Lipinski definition) is 6. The maximum absolute atomic E-state index is 13.9. The van der Waals surface area contributed by atoms with Crippen molar-refractivity contribution in [3.8, 4) is 0 Å². The second-order valence-electron chi connectivity index (χ2n) is 13.6. The number of carbonyl (C=O) groups excluding carboxylic acids is 2. The molecule has 3 aliphatic rings. The van der Waals surface area contributed by atoms with Crippen LogP contribution in [0, 0.1) is 0 Å². The maximum atomic E-state index is 13.9. The number of likely N-dealkylation sites (tertiary alicyclic amines) is 3. The highest BCUT2D eigenvalue weighted by Gasteiger charge is 2.34. The van der Waals surface area contributed by atoms with Gasteiger partial charge in [-0.15, -0.1) is 0 Å². The first-order valence-electron chi connectivity index (χ1n) is 19.8. The highest BCUT2D eigenvalue weighted by atomic mass is 35.5. The highest BCUT2D eigenvalue weighted by Crippen LogP contribution is 2.32. The summed E-state index contributed by atoms with van der Waals surface area (Å²) in [6.07, 6.45) is 15.3. The van der Waals surface area contributed by atoms with E-state index < -0.39 is 17.8 Å². The van der Waals surface area contributed by atoms with Gasteiger partial charge < -0.3 is 30.7 Å². The van der Waals surface area contributed by atoms with Crippen LogP contribution in [0.4, 0.5) is 13.2 Å². The van der Waals surface area contributed by atoms with Crippen LogP contribution in [0.1, 0.15) is 103 Å². The average Bonchev–Trinajstić information content (AvgIpc) is 3.17. The summed E-state index contributed by atoms with van der Waals surface area (Å²) >= 11 is 6.09. The van der Waals surface area contributed by atoms with Gasteiger partial charge in [-0.25, -0.2) is 0 Å². The van der Waals surface area contributed by atoms with Crippen molar-refractivity contribution in [2.45, 2.75) is 117 Å². The molecule has 3 heterocycles. The van der Waals surface area contributed by atoms with Crippen molar-refractivity contribution in [3.05, 3.63) is 70.0 Å². The van der Waals surface area contributed by atoms with Crippen molar-refractivity contribution in [3.63, 3.8) is 0 Å². The van der Waals surface area contributed by atoms with Gasteiger partial charge >= 0.3 is 6.18 Å². The molecule has 0 aliphatic carbocycles. The van der Waals surface area contributed by atoms with Gasteiger partial charge in [-0.3, -0.25) is 9.59 Å². The fourth-order valence-corrected chi connectivity index (χ4v) is 7.35. The third-order valence-electron chi connectivity index (χ3n) is 9.72. The van der Waals surface area contributed by atoms with E-state index in [2.05, 4.69) is 44.8 Å². The molecule has 1 atom stereocenters. The fourth-order valence-electron chi connectivity index (χ4n) is 7.09. The van der Waals surface area contributed by atoms with Crippen molar-refractivity contribution in [2.75, 3.05) is 59.4 Å². The normalized spacial score (nSPS) is 18.4. The van der Waals surface area contributed by atoms with Crippen molar-refractivity contribution >= 4 is 23.9 Å². The summed E-state index contributed by atoms with van der Waals surface area (Å²) in [5.74, 6) is 0.862. The number of carbonyl (C=O) groups is 2. The van der Waals surface area contributed by atoms with E-state index in [4.69, 9.17) is 11.6 Å². The Hall–Kier alpha value is -3.02. The Morgan fingerprint density at radius 3 is 2.17 bits per heavy atom. The monoisotopic (exact) mass is 766 g/mol. The average molecular weight is 767 g/mol.